The monoisotopic (exact) mass is 429 g/mol. The van der Waals surface area contributed by atoms with Crippen LogP contribution in [0.4, 0.5) is 17.1 Å². The van der Waals surface area contributed by atoms with Crippen LogP contribution in [0.15, 0.2) is 54.6 Å². The summed E-state index contributed by atoms with van der Waals surface area (Å²) in [7, 11) is 0. The lowest BCUT2D eigenvalue weighted by atomic mass is 9.87. The molecule has 158 valence electrons. The summed E-state index contributed by atoms with van der Waals surface area (Å²) >= 11 is 0. The Hall–Kier alpha value is -3.49. The smallest absolute Gasteiger partial charge is 0.586 e. The van der Waals surface area contributed by atoms with Crippen LogP contribution in [0.25, 0.3) is 0 Å². The Kier molecular flexibility index (Phi) is 2.42. The molecule has 0 radical (unpaired) electrons. The summed E-state index contributed by atoms with van der Waals surface area (Å²) in [6, 6.07) is 17.4. The molecular weight excluding hydrogens is 412 g/mol. The van der Waals surface area contributed by atoms with Gasteiger partial charge in [-0.2, -0.15) is 0 Å². The van der Waals surface area contributed by atoms with Crippen molar-refractivity contribution in [1.82, 2.24) is 4.39 Å². The normalized spacial score (nSPS) is 33.0. The maximum absolute atomic E-state index is 6.73. The van der Waals surface area contributed by atoms with Crippen LogP contribution in [0.1, 0.15) is 12.8 Å². The number of nitrogens with zero attached hydrogens (tertiary/aromatic N) is 1. The van der Waals surface area contributed by atoms with Gasteiger partial charge in [-0.25, -0.2) is 0 Å². The predicted molar refractivity (Wildman–Crippen MR) is 116 cm³/mol. The average Bonchev–Trinajstić information content (AvgIpc) is 3.47. The highest BCUT2D eigenvalue weighted by molar-refractivity contribution is 6.73. The number of hydrogen-bond donors (Lipinski definition) is 0. The number of quaternary nitrogens is 1. The van der Waals surface area contributed by atoms with Gasteiger partial charge in [-0.1, -0.05) is 18.2 Å². The Labute approximate surface area is 183 Å². The lowest BCUT2D eigenvalue weighted by Crippen LogP contribution is -2.69. The third kappa shape index (κ3) is 1.47. The summed E-state index contributed by atoms with van der Waals surface area (Å²) in [4.78, 5) is 0. The molecule has 0 atom stereocenters. The topological polar surface area (TPSA) is 58.1 Å². The molecule has 0 amide bonds. The third-order valence-electron chi connectivity index (χ3n) is 7.53. The van der Waals surface area contributed by atoms with Crippen molar-refractivity contribution in [3.8, 4) is 34.5 Å². The molecule has 8 nitrogen and oxygen atoms in total. The van der Waals surface area contributed by atoms with E-state index in [1.54, 1.807) is 0 Å². The summed E-state index contributed by atoms with van der Waals surface area (Å²) < 4.78 is 43.1. The molecule has 0 aliphatic carbocycles. The van der Waals surface area contributed by atoms with E-state index in [0.717, 1.165) is 43.1 Å². The highest BCUT2D eigenvalue weighted by Crippen LogP contribution is 2.75. The van der Waals surface area contributed by atoms with E-state index in [2.05, 4.69) is 4.28 Å². The molecule has 1 saturated heterocycles. The Bertz CT molecular complexity index is 1240. The van der Waals surface area contributed by atoms with Gasteiger partial charge >= 0.3 is 13.8 Å². The van der Waals surface area contributed by atoms with Crippen molar-refractivity contribution in [3.63, 3.8) is 0 Å². The Morgan fingerprint density at radius 2 is 0.938 bits per heavy atom. The SMILES string of the molecule is c1cc2c3c(c1)O[B-]14Oc5cccc6c5[N+]31c1c(cccc1O4)O[B-]([O+]1CCCC1)(O2)O6. The van der Waals surface area contributed by atoms with Crippen LogP contribution in [-0.2, 0) is 4.28 Å². The van der Waals surface area contributed by atoms with Gasteiger partial charge in [-0.15, -0.1) is 0 Å². The average molecular weight is 429 g/mol. The van der Waals surface area contributed by atoms with Crippen LogP contribution in [0.5, 0.6) is 34.5 Å². The van der Waals surface area contributed by atoms with Gasteiger partial charge < -0.3 is 32.2 Å². The van der Waals surface area contributed by atoms with Crippen LogP contribution in [0, 0.1) is 0 Å². The fourth-order valence-corrected chi connectivity index (χ4v) is 6.43. The van der Waals surface area contributed by atoms with E-state index in [9.17, 15) is 0 Å². The molecule has 0 saturated carbocycles. The van der Waals surface area contributed by atoms with Gasteiger partial charge in [0.15, 0.2) is 17.1 Å². The Balaban J connectivity index is 1.52. The van der Waals surface area contributed by atoms with Crippen LogP contribution in [0.3, 0.4) is 0 Å². The highest BCUT2D eigenvalue weighted by Gasteiger charge is 2.81. The molecule has 10 rings (SSSR count). The van der Waals surface area contributed by atoms with Gasteiger partial charge in [0.05, 0.1) is 0 Å². The molecule has 1 fully saturated rings. The van der Waals surface area contributed by atoms with Crippen LogP contribution < -0.4 is 32.3 Å². The molecule has 32 heavy (non-hydrogen) atoms. The number of para-hydroxylation sites is 3. The Morgan fingerprint density at radius 3 is 1.34 bits per heavy atom. The quantitative estimate of drug-likeness (QED) is 0.427. The molecule has 2 bridgehead atoms. The number of benzene rings is 3. The van der Waals surface area contributed by atoms with E-state index in [-0.39, 0.29) is 4.39 Å². The second-order valence-corrected chi connectivity index (χ2v) is 9.07. The summed E-state index contributed by atoms with van der Waals surface area (Å²) in [5.41, 5.74) is 2.59. The van der Waals surface area contributed by atoms with Gasteiger partial charge in [-0.05, 0) is 36.4 Å². The zero-order chi connectivity index (χ0) is 20.7. The molecule has 0 aromatic heterocycles. The first-order chi connectivity index (χ1) is 15.7. The van der Waals surface area contributed by atoms with E-state index in [4.69, 9.17) is 27.9 Å². The van der Waals surface area contributed by atoms with E-state index >= 15 is 0 Å². The van der Waals surface area contributed by atoms with Gasteiger partial charge in [0.25, 0.3) is 0 Å². The van der Waals surface area contributed by atoms with Gasteiger partial charge in [0.2, 0.25) is 0 Å². The molecule has 7 aliphatic heterocycles. The largest absolute Gasteiger partial charge is 0.912 e. The molecule has 0 unspecified atom stereocenters. The van der Waals surface area contributed by atoms with Crippen LogP contribution in [-0.4, -0.2) is 27.1 Å². The van der Waals surface area contributed by atoms with Crippen molar-refractivity contribution in [1.29, 1.82) is 0 Å². The molecule has 3 aromatic rings. The molecule has 3 aromatic carbocycles. The fraction of sp³-hybridized carbons (Fsp3) is 0.182. The maximum atomic E-state index is 6.73. The standard InChI is InChI=1S/C22H17B2NO7/c1-2-13-32(12-1)24-29-17-9-3-6-14-20(17)25-21-15(7-4-10-18(21)30-24)27-23(25,26-14)28-16-8-5-11-19(31-24)22(16)25/h3-11H,1-2,12-13H2. The minimum Gasteiger partial charge on any atom is -0.586 e. The molecule has 10 heteroatoms. The fourth-order valence-electron chi connectivity index (χ4n) is 6.43. The predicted octanol–water partition coefficient (Wildman–Crippen LogP) is 4.22. The number of hydrogen-bond acceptors (Lipinski definition) is 6. The molecule has 0 N–H and O–H groups in total. The van der Waals surface area contributed by atoms with Crippen molar-refractivity contribution in [2.45, 2.75) is 12.8 Å². The van der Waals surface area contributed by atoms with E-state index < -0.39 is 13.8 Å². The second-order valence-electron chi connectivity index (χ2n) is 9.07. The third-order valence-corrected chi connectivity index (χ3v) is 7.53. The van der Waals surface area contributed by atoms with Gasteiger partial charge in [0, 0.05) is 12.8 Å². The van der Waals surface area contributed by atoms with Gasteiger partial charge in [-0.3, -0.25) is 4.39 Å². The first kappa shape index (κ1) is 16.2. The molecule has 1 spiro atoms. The van der Waals surface area contributed by atoms with Gasteiger partial charge in [0.1, 0.15) is 47.7 Å². The molecule has 7 aliphatic rings. The highest BCUT2D eigenvalue weighted by atomic mass is 16.9. The minimum absolute atomic E-state index is 0.0966. The molecular formula is C22H17B2NO7. The second kappa shape index (κ2) is 4.79. The van der Waals surface area contributed by atoms with Crippen molar-refractivity contribution in [2.24, 2.45) is 0 Å². The summed E-state index contributed by atoms with van der Waals surface area (Å²) in [5, 5.41) is 0. The van der Waals surface area contributed by atoms with Crippen LogP contribution in [0.2, 0.25) is 0 Å². The first-order valence-electron chi connectivity index (χ1n) is 11.1. The zero-order valence-corrected chi connectivity index (χ0v) is 17.0. The number of rotatable bonds is 1. The van der Waals surface area contributed by atoms with E-state index in [1.165, 1.54) is 0 Å². The summed E-state index contributed by atoms with van der Waals surface area (Å²) in [6.07, 6.45) is 2.05. The summed E-state index contributed by atoms with van der Waals surface area (Å²) in [6.45, 7) is -3.29. The Morgan fingerprint density at radius 1 is 0.562 bits per heavy atom. The lowest BCUT2D eigenvalue weighted by molar-refractivity contribution is -0.0693. The maximum Gasteiger partial charge on any atom is 0.912 e. The van der Waals surface area contributed by atoms with Crippen molar-refractivity contribution in [2.75, 3.05) is 13.2 Å². The van der Waals surface area contributed by atoms with Crippen LogP contribution >= 0.6 is 0 Å². The molecule has 7 heterocycles. The van der Waals surface area contributed by atoms with E-state index in [1.807, 2.05) is 54.6 Å². The zero-order valence-electron chi connectivity index (χ0n) is 17.0. The van der Waals surface area contributed by atoms with Crippen molar-refractivity contribution < 1.29 is 32.2 Å². The lowest BCUT2D eigenvalue weighted by Gasteiger charge is -2.48. The first-order valence-corrected chi connectivity index (χ1v) is 11.1. The van der Waals surface area contributed by atoms with Crippen molar-refractivity contribution >= 4 is 30.9 Å². The minimum atomic E-state index is -2.43. The van der Waals surface area contributed by atoms with E-state index in [0.29, 0.717) is 34.5 Å². The summed E-state index contributed by atoms with van der Waals surface area (Å²) in [5.74, 6) is 3.97. The van der Waals surface area contributed by atoms with Crippen molar-refractivity contribution in [3.05, 3.63) is 54.6 Å².